The van der Waals surface area contributed by atoms with Crippen LogP contribution in [0.1, 0.15) is 11.3 Å². The third-order valence-corrected chi connectivity index (χ3v) is 2.85. The smallest absolute Gasteiger partial charge is 0.0705 e. The third kappa shape index (κ3) is 1.60. The van der Waals surface area contributed by atoms with E-state index in [9.17, 15) is 0 Å². The molecule has 0 atom stereocenters. The van der Waals surface area contributed by atoms with Gasteiger partial charge in [-0.2, -0.15) is 0 Å². The number of hydrogen-bond acceptors (Lipinski definition) is 1. The number of aromatic nitrogens is 1. The molecule has 1 nitrogen and oxygen atoms in total. The molecule has 16 heavy (non-hydrogen) atoms. The van der Waals surface area contributed by atoms with Crippen LogP contribution in [-0.4, -0.2) is 4.98 Å². The van der Waals surface area contributed by atoms with E-state index >= 15 is 0 Å². The zero-order valence-electron chi connectivity index (χ0n) is 9.14. The highest BCUT2D eigenvalue weighted by Crippen LogP contribution is 2.31. The third-order valence-electron chi connectivity index (χ3n) is 2.85. The van der Waals surface area contributed by atoms with Gasteiger partial charge in [-0.05, 0) is 50.3 Å². The first-order valence-corrected chi connectivity index (χ1v) is 5.43. The van der Waals surface area contributed by atoms with Crippen molar-refractivity contribution in [3.8, 4) is 0 Å². The van der Waals surface area contributed by atoms with E-state index in [1.165, 1.54) is 16.9 Å². The standard InChI is InChI=1S/C15H12N/c1-11-10-13-8-4-5-9-14(13)16-15(11)12-6-2-3-7-12/h2-10H,1H3. The van der Waals surface area contributed by atoms with Gasteiger partial charge in [0.15, 0.2) is 0 Å². The summed E-state index contributed by atoms with van der Waals surface area (Å²) in [5.41, 5.74) is 3.37. The number of nitrogens with zero attached hydrogens (tertiary/aromatic N) is 1. The maximum absolute atomic E-state index is 4.72. The number of pyridine rings is 1. The maximum Gasteiger partial charge on any atom is 0.0705 e. The van der Waals surface area contributed by atoms with Crippen LogP contribution in [0.4, 0.5) is 0 Å². The molecule has 0 spiro atoms. The lowest BCUT2D eigenvalue weighted by Crippen LogP contribution is -2.02. The summed E-state index contributed by atoms with van der Waals surface area (Å²) in [4.78, 5) is 4.72. The van der Waals surface area contributed by atoms with Gasteiger partial charge in [-0.3, -0.25) is 4.98 Å². The molecule has 1 aliphatic rings. The lowest BCUT2D eigenvalue weighted by atomic mass is 9.98. The highest BCUT2D eigenvalue weighted by molar-refractivity contribution is 5.80. The van der Waals surface area contributed by atoms with Crippen LogP contribution >= 0.6 is 0 Å². The quantitative estimate of drug-likeness (QED) is 0.697. The fourth-order valence-corrected chi connectivity index (χ4v) is 2.05. The Labute approximate surface area is 96.5 Å². The van der Waals surface area contributed by atoms with Gasteiger partial charge in [-0.1, -0.05) is 18.2 Å². The lowest BCUT2D eigenvalue weighted by molar-refractivity contribution is 1.13. The van der Waals surface area contributed by atoms with Crippen LogP contribution < -0.4 is 0 Å². The van der Waals surface area contributed by atoms with E-state index in [0.717, 1.165) is 11.2 Å². The Morgan fingerprint density at radius 2 is 1.75 bits per heavy atom. The SMILES string of the molecule is Cc1cc2ccccc2nc1[C]1[CH][CH][CH][CH]1. The monoisotopic (exact) mass is 206 g/mol. The average molecular weight is 206 g/mol. The van der Waals surface area contributed by atoms with Crippen molar-refractivity contribution in [2.24, 2.45) is 0 Å². The molecular weight excluding hydrogens is 194 g/mol. The summed E-state index contributed by atoms with van der Waals surface area (Å²) >= 11 is 0. The van der Waals surface area contributed by atoms with E-state index in [2.05, 4.69) is 38.0 Å². The van der Waals surface area contributed by atoms with Crippen molar-refractivity contribution in [3.05, 3.63) is 73.2 Å². The van der Waals surface area contributed by atoms with Gasteiger partial charge in [0.05, 0.1) is 11.2 Å². The van der Waals surface area contributed by atoms with Crippen molar-refractivity contribution in [2.45, 2.75) is 6.92 Å². The van der Waals surface area contributed by atoms with Gasteiger partial charge in [0.25, 0.3) is 0 Å². The molecule has 0 bridgehead atoms. The molecule has 77 valence electrons. The zero-order valence-corrected chi connectivity index (χ0v) is 9.14. The van der Waals surface area contributed by atoms with E-state index in [-0.39, 0.29) is 0 Å². The molecule has 0 aliphatic heterocycles. The van der Waals surface area contributed by atoms with E-state index in [1.54, 1.807) is 0 Å². The highest BCUT2D eigenvalue weighted by atomic mass is 14.7. The molecule has 1 heterocycles. The summed E-state index contributed by atoms with van der Waals surface area (Å²) < 4.78 is 0. The largest absolute Gasteiger partial charge is 0.252 e. The lowest BCUT2D eigenvalue weighted by Gasteiger charge is -2.11. The summed E-state index contributed by atoms with van der Waals surface area (Å²) in [6.45, 7) is 2.11. The number of para-hydroxylation sites is 1. The van der Waals surface area contributed by atoms with Crippen molar-refractivity contribution in [1.29, 1.82) is 0 Å². The van der Waals surface area contributed by atoms with E-state index < -0.39 is 0 Å². The van der Waals surface area contributed by atoms with Gasteiger partial charge >= 0.3 is 0 Å². The Kier molecular flexibility index (Phi) is 2.39. The predicted octanol–water partition coefficient (Wildman–Crippen LogP) is 3.30. The van der Waals surface area contributed by atoms with Crippen molar-refractivity contribution < 1.29 is 0 Å². The van der Waals surface area contributed by atoms with Crippen molar-refractivity contribution in [1.82, 2.24) is 4.98 Å². The van der Waals surface area contributed by atoms with Crippen LogP contribution in [0.25, 0.3) is 10.9 Å². The van der Waals surface area contributed by atoms with E-state index in [1.807, 2.05) is 25.0 Å². The molecule has 1 heteroatoms. The summed E-state index contributed by atoms with van der Waals surface area (Å²) in [6.07, 6.45) is 8.30. The molecule has 3 rings (SSSR count). The van der Waals surface area contributed by atoms with E-state index in [0.29, 0.717) is 0 Å². The second-order valence-electron chi connectivity index (χ2n) is 4.02. The topological polar surface area (TPSA) is 12.9 Å². The normalized spacial score (nSPS) is 17.1. The number of benzene rings is 1. The Morgan fingerprint density at radius 1 is 1.00 bits per heavy atom. The van der Waals surface area contributed by atoms with Crippen molar-refractivity contribution in [3.63, 3.8) is 0 Å². The van der Waals surface area contributed by atoms with Crippen molar-refractivity contribution in [2.75, 3.05) is 0 Å². The van der Waals surface area contributed by atoms with Gasteiger partial charge in [-0.15, -0.1) is 0 Å². The molecule has 2 aromatic rings. The molecule has 0 unspecified atom stereocenters. The van der Waals surface area contributed by atoms with Crippen LogP contribution in [0.5, 0.6) is 0 Å². The minimum Gasteiger partial charge on any atom is -0.252 e. The van der Waals surface area contributed by atoms with Gasteiger partial charge in [0.2, 0.25) is 0 Å². The first-order valence-electron chi connectivity index (χ1n) is 5.43. The van der Waals surface area contributed by atoms with Gasteiger partial charge in [0, 0.05) is 11.3 Å². The van der Waals surface area contributed by atoms with E-state index in [4.69, 9.17) is 4.98 Å². The molecule has 0 saturated heterocycles. The molecular formula is C15H12N. The molecule has 5 radical (unpaired) electrons. The van der Waals surface area contributed by atoms with Crippen LogP contribution in [-0.2, 0) is 0 Å². The number of rotatable bonds is 1. The Balaban J connectivity index is 2.13. The first-order chi connectivity index (χ1) is 7.84. The van der Waals surface area contributed by atoms with Gasteiger partial charge < -0.3 is 0 Å². The molecule has 0 amide bonds. The van der Waals surface area contributed by atoms with Gasteiger partial charge in [0.1, 0.15) is 0 Å². The highest BCUT2D eigenvalue weighted by Gasteiger charge is 2.22. The first kappa shape index (κ1) is 9.83. The van der Waals surface area contributed by atoms with Gasteiger partial charge in [-0.25, -0.2) is 0 Å². The fourth-order valence-electron chi connectivity index (χ4n) is 2.05. The van der Waals surface area contributed by atoms with Crippen molar-refractivity contribution >= 4 is 10.9 Å². The molecule has 1 fully saturated rings. The zero-order chi connectivity index (χ0) is 11.0. The summed E-state index contributed by atoms with van der Waals surface area (Å²) in [6, 6.07) is 10.4. The second-order valence-corrected chi connectivity index (χ2v) is 4.02. The molecule has 0 N–H and O–H groups in total. The maximum atomic E-state index is 4.72. The summed E-state index contributed by atoms with van der Waals surface area (Å²) in [7, 11) is 0. The molecule has 1 aromatic carbocycles. The van der Waals surface area contributed by atoms with Crippen LogP contribution in [0.15, 0.2) is 30.3 Å². The van der Waals surface area contributed by atoms with Crippen LogP contribution in [0.2, 0.25) is 0 Å². The molecule has 1 saturated carbocycles. The Morgan fingerprint density at radius 3 is 2.56 bits per heavy atom. The minimum atomic E-state index is 1.06. The summed E-state index contributed by atoms with van der Waals surface area (Å²) in [5, 5.41) is 1.20. The summed E-state index contributed by atoms with van der Waals surface area (Å²) in [5.74, 6) is 1.20. The fraction of sp³-hybridized carbons (Fsp3) is 0.0667. The van der Waals surface area contributed by atoms with Crippen LogP contribution in [0, 0.1) is 38.5 Å². The number of fused-ring (bicyclic) bond motifs is 1. The number of aryl methyl sites for hydroxylation is 1. The number of hydrogen-bond donors (Lipinski definition) is 0. The molecule has 1 aromatic heterocycles. The second kappa shape index (κ2) is 3.89. The van der Waals surface area contributed by atoms with Crippen LogP contribution in [0.3, 0.4) is 0 Å². The Bertz CT molecular complexity index is 510. The average Bonchev–Trinajstić information content (AvgIpc) is 2.81. The Hall–Kier alpha value is -1.37. The minimum absolute atomic E-state index is 1.06. The molecule has 1 aliphatic carbocycles. The predicted molar refractivity (Wildman–Crippen MR) is 66.0 cm³/mol.